The molecule has 1 aromatic carbocycles. The Balaban J connectivity index is 2.14. The van der Waals surface area contributed by atoms with Crippen LogP contribution in [-0.2, 0) is 12.0 Å². The van der Waals surface area contributed by atoms with E-state index in [2.05, 4.69) is 17.5 Å². The summed E-state index contributed by atoms with van der Waals surface area (Å²) in [5.41, 5.74) is 0.978. The molecule has 0 aliphatic carbocycles. The largest absolute Gasteiger partial charge is 0.370 e. The lowest BCUT2D eigenvalue weighted by Crippen LogP contribution is -2.32. The third-order valence-corrected chi connectivity index (χ3v) is 4.27. The van der Waals surface area contributed by atoms with Crippen molar-refractivity contribution in [1.29, 1.82) is 0 Å². The molecular formula is C15H17FN2. The maximum absolute atomic E-state index is 14.3. The summed E-state index contributed by atoms with van der Waals surface area (Å²) in [5, 5.41) is 4.05. The van der Waals surface area contributed by atoms with E-state index in [-0.39, 0.29) is 0 Å². The van der Waals surface area contributed by atoms with E-state index < -0.39 is 11.2 Å². The lowest BCUT2D eigenvalue weighted by molar-refractivity contribution is 0.101. The normalized spacial score (nSPS) is 40.9. The molecule has 3 heteroatoms. The molecule has 0 radical (unpaired) electrons. The van der Waals surface area contributed by atoms with Gasteiger partial charge in [0.25, 0.3) is 0 Å². The number of nitrogens with one attached hydrogen (secondary N) is 1. The summed E-state index contributed by atoms with van der Waals surface area (Å²) in [6, 6.07) is 8.08. The maximum atomic E-state index is 14.3. The van der Waals surface area contributed by atoms with Crippen LogP contribution in [0.25, 0.3) is 0 Å². The van der Waals surface area contributed by atoms with E-state index in [1.54, 1.807) is 0 Å². The van der Waals surface area contributed by atoms with E-state index in [1.807, 2.05) is 50.4 Å². The molecule has 0 spiro atoms. The summed E-state index contributed by atoms with van der Waals surface area (Å²) in [6.07, 6.45) is 8.63. The number of hydrogen-bond acceptors (Lipinski definition) is 2. The molecule has 3 unspecified atom stereocenters. The quantitative estimate of drug-likeness (QED) is 0.557. The van der Waals surface area contributed by atoms with Gasteiger partial charge in [-0.3, -0.25) is 0 Å². The molecule has 3 atom stereocenters. The van der Waals surface area contributed by atoms with Crippen molar-refractivity contribution in [3.05, 3.63) is 59.8 Å². The van der Waals surface area contributed by atoms with Gasteiger partial charge in [0.05, 0.1) is 0 Å². The molecule has 0 amide bonds. The Morgan fingerprint density at radius 3 is 2.83 bits per heavy atom. The number of halogens is 1. The van der Waals surface area contributed by atoms with Crippen LogP contribution in [-0.4, -0.2) is 10.8 Å². The van der Waals surface area contributed by atoms with Crippen molar-refractivity contribution in [3.63, 3.8) is 0 Å². The second-order valence-electron chi connectivity index (χ2n) is 5.22. The smallest absolute Gasteiger partial charge is 0.142 e. The average molecular weight is 244 g/mol. The molecule has 1 aromatic rings. The van der Waals surface area contributed by atoms with Crippen molar-refractivity contribution in [2.45, 2.75) is 31.5 Å². The molecule has 2 aliphatic heterocycles. The predicted octanol–water partition coefficient (Wildman–Crippen LogP) is 3.03. The van der Waals surface area contributed by atoms with Gasteiger partial charge in [-0.2, -0.15) is 0 Å². The molecule has 2 nitrogen and oxygen atoms in total. The summed E-state index contributed by atoms with van der Waals surface area (Å²) >= 11 is 0. The highest BCUT2D eigenvalue weighted by Gasteiger charge is 2.73. The maximum Gasteiger partial charge on any atom is 0.142 e. The Morgan fingerprint density at radius 1 is 1.22 bits per heavy atom. The van der Waals surface area contributed by atoms with Crippen LogP contribution in [0, 0.1) is 0 Å². The zero-order valence-electron chi connectivity index (χ0n) is 10.7. The number of allylic oxidation sites excluding steroid dienone is 3. The first-order chi connectivity index (χ1) is 8.61. The van der Waals surface area contributed by atoms with Crippen LogP contribution in [0.1, 0.15) is 25.0 Å². The Hall–Kier alpha value is -1.61. The zero-order valence-corrected chi connectivity index (χ0v) is 10.7. The van der Waals surface area contributed by atoms with Crippen molar-refractivity contribution in [2.75, 3.05) is 0 Å². The van der Waals surface area contributed by atoms with Crippen molar-refractivity contribution in [1.82, 2.24) is 10.4 Å². The van der Waals surface area contributed by atoms with Gasteiger partial charge in [-0.1, -0.05) is 36.4 Å². The predicted molar refractivity (Wildman–Crippen MR) is 70.3 cm³/mol. The number of hydrogen-bond donors (Lipinski definition) is 1. The minimum Gasteiger partial charge on any atom is -0.370 e. The second kappa shape index (κ2) is 3.69. The topological polar surface area (TPSA) is 15.0 Å². The molecule has 1 saturated heterocycles. The van der Waals surface area contributed by atoms with Crippen LogP contribution in [0.15, 0.2) is 48.7 Å². The number of fused-ring (bicyclic) bond motifs is 3. The minimum atomic E-state index is -0.662. The fourth-order valence-electron chi connectivity index (χ4n) is 2.84. The monoisotopic (exact) mass is 244 g/mol. The highest BCUT2D eigenvalue weighted by atomic mass is 19.2. The van der Waals surface area contributed by atoms with Gasteiger partial charge in [0.2, 0.25) is 0 Å². The lowest BCUT2D eigenvalue weighted by Gasteiger charge is -2.18. The molecule has 2 aliphatic rings. The average Bonchev–Trinajstić information content (AvgIpc) is 2.82. The molecule has 18 heavy (non-hydrogen) atoms. The Morgan fingerprint density at radius 2 is 2.00 bits per heavy atom. The van der Waals surface area contributed by atoms with Gasteiger partial charge in [0.1, 0.15) is 11.2 Å². The molecule has 94 valence electrons. The standard InChI is InChI=1S/C15H17FN2/c1-14-13-10-6-5-9-12(13)8-4-3-7-11-17-15(14,2)18(14)16/h3-7,9-11,17H,8H2,1-2H3/b4-3-,11-7-. The van der Waals surface area contributed by atoms with Crippen molar-refractivity contribution >= 4 is 0 Å². The fraction of sp³-hybridized carbons (Fsp3) is 0.333. The van der Waals surface area contributed by atoms with Gasteiger partial charge < -0.3 is 5.32 Å². The van der Waals surface area contributed by atoms with Gasteiger partial charge in [-0.15, -0.1) is 9.60 Å². The van der Waals surface area contributed by atoms with E-state index in [9.17, 15) is 4.48 Å². The van der Waals surface area contributed by atoms with Gasteiger partial charge in [-0.05, 0) is 43.7 Å². The van der Waals surface area contributed by atoms with Crippen LogP contribution in [0.3, 0.4) is 0 Å². The van der Waals surface area contributed by atoms with Crippen LogP contribution in [0.2, 0.25) is 0 Å². The van der Waals surface area contributed by atoms with E-state index in [4.69, 9.17) is 0 Å². The molecule has 2 heterocycles. The first-order valence-corrected chi connectivity index (χ1v) is 6.24. The van der Waals surface area contributed by atoms with Gasteiger partial charge in [-0.25, -0.2) is 0 Å². The van der Waals surface area contributed by atoms with Crippen molar-refractivity contribution in [2.24, 2.45) is 0 Å². The van der Waals surface area contributed by atoms with Gasteiger partial charge >= 0.3 is 0 Å². The van der Waals surface area contributed by atoms with Gasteiger partial charge in [0, 0.05) is 0 Å². The Bertz CT molecular complexity index is 537. The molecule has 0 aromatic heterocycles. The molecule has 3 rings (SSSR count). The third kappa shape index (κ3) is 1.31. The Kier molecular flexibility index (Phi) is 2.35. The SMILES string of the molecule is CC12N/C=C\C=C/Cc3ccccc3C1(C)N2F. The van der Waals surface area contributed by atoms with Crippen molar-refractivity contribution in [3.8, 4) is 0 Å². The van der Waals surface area contributed by atoms with Crippen molar-refractivity contribution < 1.29 is 4.48 Å². The highest BCUT2D eigenvalue weighted by Crippen LogP contribution is 2.58. The van der Waals surface area contributed by atoms with Crippen LogP contribution in [0.4, 0.5) is 4.48 Å². The number of benzene rings is 1. The number of rotatable bonds is 0. The second-order valence-corrected chi connectivity index (χ2v) is 5.22. The minimum absolute atomic E-state index is 0.598. The summed E-state index contributed by atoms with van der Waals surface area (Å²) in [4.78, 5) is 0. The van der Waals surface area contributed by atoms with Gasteiger partial charge in [0.15, 0.2) is 0 Å². The lowest BCUT2D eigenvalue weighted by atomic mass is 9.88. The summed E-state index contributed by atoms with van der Waals surface area (Å²) in [5.74, 6) is 0. The first-order valence-electron chi connectivity index (χ1n) is 6.24. The summed E-state index contributed by atoms with van der Waals surface area (Å²) in [6.45, 7) is 3.83. The molecule has 0 bridgehead atoms. The number of nitrogens with zero attached hydrogens (tertiary/aromatic N) is 1. The van der Waals surface area contributed by atoms with E-state index in [0.29, 0.717) is 0 Å². The van der Waals surface area contributed by atoms with Crippen LogP contribution < -0.4 is 5.32 Å². The fourth-order valence-corrected chi connectivity index (χ4v) is 2.84. The molecule has 1 N–H and O–H groups in total. The zero-order chi connectivity index (χ0) is 12.8. The summed E-state index contributed by atoms with van der Waals surface area (Å²) < 4.78 is 14.3. The first kappa shape index (κ1) is 11.5. The molecule has 0 saturated carbocycles. The molecule has 1 fully saturated rings. The highest BCUT2D eigenvalue weighted by molar-refractivity contribution is 5.43. The summed E-state index contributed by atoms with van der Waals surface area (Å²) in [7, 11) is 0. The Labute approximate surface area is 107 Å². The molecular weight excluding hydrogens is 227 g/mol. The van der Waals surface area contributed by atoms with Crippen LogP contribution >= 0.6 is 0 Å². The van der Waals surface area contributed by atoms with E-state index in [0.717, 1.165) is 17.1 Å². The third-order valence-electron chi connectivity index (χ3n) is 4.27. The van der Waals surface area contributed by atoms with Crippen LogP contribution in [0.5, 0.6) is 0 Å². The van der Waals surface area contributed by atoms with E-state index >= 15 is 0 Å². The van der Waals surface area contributed by atoms with E-state index in [1.165, 1.54) is 5.56 Å².